The van der Waals surface area contributed by atoms with E-state index in [-0.39, 0.29) is 18.8 Å². The number of aryl methyl sites for hydroxylation is 2. The highest BCUT2D eigenvalue weighted by Crippen LogP contribution is 2.37. The monoisotopic (exact) mass is 551 g/mol. The first-order valence-electron chi connectivity index (χ1n) is 12.7. The molecule has 40 heavy (non-hydrogen) atoms. The highest BCUT2D eigenvalue weighted by Gasteiger charge is 2.33. The van der Waals surface area contributed by atoms with E-state index in [4.69, 9.17) is 14.2 Å². The van der Waals surface area contributed by atoms with Gasteiger partial charge in [0.2, 0.25) is 0 Å². The number of carbonyl (C=O) groups excluding carboxylic acids is 2. The topological polar surface area (TPSA) is 92.5 Å². The van der Waals surface area contributed by atoms with Gasteiger partial charge in [-0.1, -0.05) is 41.5 Å². The van der Waals surface area contributed by atoms with Crippen LogP contribution in [0.5, 0.6) is 0 Å². The fourth-order valence-corrected chi connectivity index (χ4v) is 5.20. The zero-order chi connectivity index (χ0) is 27.6. The van der Waals surface area contributed by atoms with Crippen molar-refractivity contribution < 1.29 is 23.8 Å². The Morgan fingerprint density at radius 3 is 2.33 bits per heavy atom. The van der Waals surface area contributed by atoms with E-state index < -0.39 is 18.2 Å². The summed E-state index contributed by atoms with van der Waals surface area (Å²) >= 11 is 1.62. The lowest BCUT2D eigenvalue weighted by Crippen LogP contribution is -2.12. The lowest BCUT2D eigenvalue weighted by molar-refractivity contribution is 0.0328. The molecule has 0 bridgehead atoms. The minimum absolute atomic E-state index is 0.194. The second-order valence-corrected chi connectivity index (χ2v) is 10.4. The number of pyridine rings is 1. The molecule has 0 saturated heterocycles. The first kappa shape index (κ1) is 25.5. The van der Waals surface area contributed by atoms with Crippen molar-refractivity contribution in [3.63, 3.8) is 0 Å². The molecule has 5 aromatic rings. The third kappa shape index (κ3) is 5.11. The van der Waals surface area contributed by atoms with Crippen molar-refractivity contribution in [1.82, 2.24) is 14.5 Å². The number of ether oxygens (including phenoxy) is 3. The van der Waals surface area contributed by atoms with Crippen LogP contribution in [0, 0.1) is 13.8 Å². The molecular formula is C31H25N3O5S. The molecule has 3 aromatic heterocycles. The van der Waals surface area contributed by atoms with Crippen LogP contribution < -0.4 is 0 Å². The number of nitrogens with zero attached hydrogens (tertiary/aromatic N) is 3. The van der Waals surface area contributed by atoms with Gasteiger partial charge in [-0.05, 0) is 55.6 Å². The Bertz CT molecular complexity index is 1720. The third-order valence-corrected chi connectivity index (χ3v) is 7.53. The van der Waals surface area contributed by atoms with Gasteiger partial charge in [0.25, 0.3) is 0 Å². The van der Waals surface area contributed by atoms with Crippen molar-refractivity contribution in [1.29, 1.82) is 0 Å². The Morgan fingerprint density at radius 2 is 1.65 bits per heavy atom. The second-order valence-electron chi connectivity index (χ2n) is 9.48. The quantitative estimate of drug-likeness (QED) is 0.210. The van der Waals surface area contributed by atoms with Crippen LogP contribution in [0.25, 0.3) is 21.6 Å². The number of hydrogen-bond donors (Lipinski definition) is 0. The van der Waals surface area contributed by atoms with Gasteiger partial charge in [0.1, 0.15) is 11.8 Å². The van der Waals surface area contributed by atoms with Crippen molar-refractivity contribution in [2.75, 3.05) is 6.61 Å². The molecular weight excluding hydrogens is 526 g/mol. The van der Waals surface area contributed by atoms with Gasteiger partial charge in [-0.25, -0.2) is 19.6 Å². The molecule has 0 spiro atoms. The average Bonchev–Trinajstić information content (AvgIpc) is 3.72. The van der Waals surface area contributed by atoms with E-state index >= 15 is 0 Å². The normalized spacial score (nSPS) is 14.8. The number of imidazole rings is 1. The Balaban J connectivity index is 1.27. The number of aromatic nitrogens is 3. The van der Waals surface area contributed by atoms with Crippen molar-refractivity contribution in [3.8, 4) is 10.4 Å². The van der Waals surface area contributed by atoms with E-state index in [2.05, 4.69) is 9.97 Å². The predicted molar refractivity (Wildman–Crippen MR) is 151 cm³/mol. The summed E-state index contributed by atoms with van der Waals surface area (Å²) in [5.74, 6) is -0.458. The molecule has 0 saturated carbocycles. The largest absolute Gasteiger partial charge is 0.467 e. The number of carbonyl (C=O) groups is 2. The third-order valence-electron chi connectivity index (χ3n) is 6.63. The van der Waals surface area contributed by atoms with E-state index in [9.17, 15) is 9.59 Å². The lowest BCUT2D eigenvalue weighted by atomic mass is 10.1. The van der Waals surface area contributed by atoms with Gasteiger partial charge in [0, 0.05) is 16.6 Å². The van der Waals surface area contributed by atoms with Crippen molar-refractivity contribution in [2.45, 2.75) is 26.5 Å². The Labute approximate surface area is 234 Å². The fourth-order valence-electron chi connectivity index (χ4n) is 4.45. The van der Waals surface area contributed by atoms with Crippen molar-refractivity contribution in [3.05, 3.63) is 118 Å². The summed E-state index contributed by atoms with van der Waals surface area (Å²) in [5, 5.41) is 2.02. The van der Waals surface area contributed by atoms with Crippen LogP contribution >= 0.6 is 11.3 Å². The van der Waals surface area contributed by atoms with Crippen LogP contribution in [0.1, 0.15) is 44.5 Å². The molecule has 0 unspecified atom stereocenters. The molecule has 0 N–H and O–H groups in total. The van der Waals surface area contributed by atoms with Crippen LogP contribution in [0.15, 0.2) is 96.2 Å². The molecule has 6 rings (SSSR count). The van der Waals surface area contributed by atoms with Crippen LogP contribution in [0.4, 0.5) is 0 Å². The van der Waals surface area contributed by atoms with E-state index in [0.29, 0.717) is 22.5 Å². The van der Waals surface area contributed by atoms with E-state index in [1.165, 1.54) is 0 Å². The highest BCUT2D eigenvalue weighted by molar-refractivity contribution is 7.13. The van der Waals surface area contributed by atoms with Gasteiger partial charge in [0.15, 0.2) is 30.0 Å². The van der Waals surface area contributed by atoms with Gasteiger partial charge in [0.05, 0.1) is 17.5 Å². The summed E-state index contributed by atoms with van der Waals surface area (Å²) in [5.41, 5.74) is 5.25. The minimum Gasteiger partial charge on any atom is -0.467 e. The fraction of sp³-hybridized carbons (Fsp3) is 0.161. The summed E-state index contributed by atoms with van der Waals surface area (Å²) in [6.45, 7) is 3.69. The van der Waals surface area contributed by atoms with Crippen LogP contribution in [-0.2, 0) is 14.2 Å². The number of thiophene rings is 1. The maximum atomic E-state index is 13.0. The molecule has 4 heterocycles. The van der Waals surface area contributed by atoms with Gasteiger partial charge in [-0.3, -0.25) is 4.57 Å². The van der Waals surface area contributed by atoms with Crippen LogP contribution in [0.3, 0.4) is 0 Å². The molecule has 1 aliphatic rings. The summed E-state index contributed by atoms with van der Waals surface area (Å²) in [4.78, 5) is 35.9. The zero-order valence-corrected chi connectivity index (χ0v) is 22.7. The molecule has 200 valence electrons. The molecule has 2 aromatic carbocycles. The summed E-state index contributed by atoms with van der Waals surface area (Å²) in [6.07, 6.45) is 3.04. The number of benzene rings is 2. The summed E-state index contributed by atoms with van der Waals surface area (Å²) in [6, 6.07) is 20.2. The standard InChI is InChI=1S/C31H25N3O5S/c1-19-5-9-21(10-6-19)30(35)37-17-25-24(39-31(36)22-11-7-20(2)8-12-22)16-27(38-25)34-18-33-28-23(13-14-32-29(28)34)26-4-3-15-40-26/h3-15,18,27H,16-17H2,1-2H3/t27-/m1/s1. The zero-order valence-electron chi connectivity index (χ0n) is 21.9. The molecule has 0 amide bonds. The molecule has 1 aliphatic heterocycles. The maximum Gasteiger partial charge on any atom is 0.343 e. The van der Waals surface area contributed by atoms with Gasteiger partial charge >= 0.3 is 11.9 Å². The number of rotatable bonds is 7. The second kappa shape index (κ2) is 10.8. The van der Waals surface area contributed by atoms with Crippen molar-refractivity contribution >= 4 is 34.4 Å². The molecule has 0 radical (unpaired) electrons. The number of esters is 2. The number of fused-ring (bicyclic) bond motifs is 1. The molecule has 9 heteroatoms. The predicted octanol–water partition coefficient (Wildman–Crippen LogP) is 6.62. The van der Waals surface area contributed by atoms with Crippen molar-refractivity contribution in [2.24, 2.45) is 0 Å². The van der Waals surface area contributed by atoms with E-state index in [0.717, 1.165) is 27.1 Å². The summed E-state index contributed by atoms with van der Waals surface area (Å²) < 4.78 is 19.4. The van der Waals surface area contributed by atoms with E-state index in [1.54, 1.807) is 52.7 Å². The maximum absolute atomic E-state index is 13.0. The molecule has 0 fully saturated rings. The van der Waals surface area contributed by atoms with Crippen LogP contribution in [-0.4, -0.2) is 33.1 Å². The lowest BCUT2D eigenvalue weighted by Gasteiger charge is -2.14. The smallest absolute Gasteiger partial charge is 0.343 e. The van der Waals surface area contributed by atoms with Gasteiger partial charge in [-0.15, -0.1) is 11.3 Å². The first-order chi connectivity index (χ1) is 19.5. The minimum atomic E-state index is -0.593. The van der Waals surface area contributed by atoms with Gasteiger partial charge < -0.3 is 14.2 Å². The van der Waals surface area contributed by atoms with Gasteiger partial charge in [-0.2, -0.15) is 0 Å². The number of hydrogen-bond acceptors (Lipinski definition) is 8. The Morgan fingerprint density at radius 1 is 0.950 bits per heavy atom. The highest BCUT2D eigenvalue weighted by atomic mass is 32.1. The Hall–Kier alpha value is -4.76. The SMILES string of the molecule is Cc1ccc(C(=O)OCC2=C(OC(=O)c3ccc(C)cc3)C[C@H](n3cnc4c(-c5cccs5)ccnc43)O2)cc1. The van der Waals surface area contributed by atoms with E-state index in [1.807, 2.05) is 61.7 Å². The summed E-state index contributed by atoms with van der Waals surface area (Å²) in [7, 11) is 0. The van der Waals surface area contributed by atoms with Crippen LogP contribution in [0.2, 0.25) is 0 Å². The molecule has 0 aliphatic carbocycles. The molecule has 8 nitrogen and oxygen atoms in total. The first-order valence-corrected chi connectivity index (χ1v) is 13.6. The Kier molecular flexibility index (Phi) is 6.88. The average molecular weight is 552 g/mol. The molecule has 1 atom stereocenters.